The van der Waals surface area contributed by atoms with Crippen molar-refractivity contribution in [1.82, 2.24) is 0 Å². The van der Waals surface area contributed by atoms with E-state index in [1.54, 1.807) is 0 Å². The Kier molecular flexibility index (Phi) is 4.12. The maximum absolute atomic E-state index is 5.91. The Hall–Kier alpha value is -1.22. The highest BCUT2D eigenvalue weighted by atomic mass is 16.5. The van der Waals surface area contributed by atoms with E-state index in [9.17, 15) is 0 Å². The summed E-state index contributed by atoms with van der Waals surface area (Å²) in [4.78, 5) is 2.31. The topological polar surface area (TPSA) is 38.5 Å². The van der Waals surface area contributed by atoms with Crippen LogP contribution in [-0.4, -0.2) is 26.7 Å². The van der Waals surface area contributed by atoms with Crippen molar-refractivity contribution in [3.05, 3.63) is 24.3 Å². The standard InChI is InChI=1S/C15H24N2O/c1-3-18-14-7-5-13(6-8-14)17(2)12-15(11-16)9-4-10-15/h5-8H,3-4,9-12,16H2,1-2H3. The van der Waals surface area contributed by atoms with Crippen LogP contribution in [-0.2, 0) is 0 Å². The molecule has 0 heterocycles. The molecular weight excluding hydrogens is 224 g/mol. The number of nitrogens with two attached hydrogens (primary N) is 1. The summed E-state index contributed by atoms with van der Waals surface area (Å²) in [5, 5.41) is 0. The first-order valence-electron chi connectivity index (χ1n) is 6.83. The van der Waals surface area contributed by atoms with E-state index in [2.05, 4.69) is 24.1 Å². The fourth-order valence-electron chi connectivity index (χ4n) is 2.66. The highest BCUT2D eigenvalue weighted by Gasteiger charge is 2.36. The molecule has 0 saturated heterocycles. The molecule has 0 bridgehead atoms. The third-order valence-corrected chi connectivity index (χ3v) is 4.01. The van der Waals surface area contributed by atoms with Gasteiger partial charge >= 0.3 is 0 Å². The number of rotatable bonds is 6. The number of anilines is 1. The molecule has 1 aromatic rings. The third-order valence-electron chi connectivity index (χ3n) is 4.01. The largest absolute Gasteiger partial charge is 0.494 e. The molecule has 1 saturated carbocycles. The zero-order valence-corrected chi connectivity index (χ0v) is 11.5. The van der Waals surface area contributed by atoms with Crippen molar-refractivity contribution in [3.8, 4) is 5.75 Å². The van der Waals surface area contributed by atoms with Gasteiger partial charge in [-0.1, -0.05) is 6.42 Å². The Balaban J connectivity index is 1.97. The molecular formula is C15H24N2O. The van der Waals surface area contributed by atoms with Crippen LogP contribution in [0.3, 0.4) is 0 Å². The van der Waals surface area contributed by atoms with Gasteiger partial charge in [-0.05, 0) is 50.6 Å². The summed E-state index contributed by atoms with van der Waals surface area (Å²) in [6.07, 6.45) is 3.87. The summed E-state index contributed by atoms with van der Waals surface area (Å²) in [6, 6.07) is 8.30. The number of nitrogens with zero attached hydrogens (tertiary/aromatic N) is 1. The van der Waals surface area contributed by atoms with E-state index in [0.29, 0.717) is 12.0 Å². The summed E-state index contributed by atoms with van der Waals surface area (Å²) in [5.41, 5.74) is 7.50. The zero-order chi connectivity index (χ0) is 13.0. The minimum absolute atomic E-state index is 0.355. The molecule has 2 N–H and O–H groups in total. The van der Waals surface area contributed by atoms with Gasteiger partial charge in [0.25, 0.3) is 0 Å². The van der Waals surface area contributed by atoms with Crippen LogP contribution in [0.25, 0.3) is 0 Å². The Morgan fingerprint density at radius 2 is 1.94 bits per heavy atom. The van der Waals surface area contributed by atoms with Crippen molar-refractivity contribution >= 4 is 5.69 Å². The van der Waals surface area contributed by atoms with Crippen LogP contribution in [0.15, 0.2) is 24.3 Å². The van der Waals surface area contributed by atoms with E-state index in [1.807, 2.05) is 19.1 Å². The Morgan fingerprint density at radius 3 is 2.39 bits per heavy atom. The van der Waals surface area contributed by atoms with E-state index >= 15 is 0 Å². The molecule has 2 rings (SSSR count). The molecule has 0 radical (unpaired) electrons. The lowest BCUT2D eigenvalue weighted by Gasteiger charge is -2.44. The van der Waals surface area contributed by atoms with Crippen molar-refractivity contribution in [1.29, 1.82) is 0 Å². The van der Waals surface area contributed by atoms with Gasteiger partial charge in [-0.2, -0.15) is 0 Å². The zero-order valence-electron chi connectivity index (χ0n) is 11.5. The maximum atomic E-state index is 5.91. The number of ether oxygens (including phenoxy) is 1. The molecule has 0 amide bonds. The molecule has 1 fully saturated rings. The summed E-state index contributed by atoms with van der Waals surface area (Å²) in [7, 11) is 2.14. The molecule has 0 unspecified atom stereocenters. The Morgan fingerprint density at radius 1 is 1.28 bits per heavy atom. The smallest absolute Gasteiger partial charge is 0.119 e. The second-order valence-electron chi connectivity index (χ2n) is 5.34. The molecule has 1 aromatic carbocycles. The molecule has 3 nitrogen and oxygen atoms in total. The average molecular weight is 248 g/mol. The number of benzene rings is 1. The van der Waals surface area contributed by atoms with Crippen LogP contribution < -0.4 is 15.4 Å². The van der Waals surface area contributed by atoms with Gasteiger partial charge in [-0.15, -0.1) is 0 Å². The van der Waals surface area contributed by atoms with Crippen LogP contribution in [0.1, 0.15) is 26.2 Å². The minimum Gasteiger partial charge on any atom is -0.494 e. The van der Waals surface area contributed by atoms with Gasteiger partial charge in [-0.3, -0.25) is 0 Å². The minimum atomic E-state index is 0.355. The van der Waals surface area contributed by atoms with Gasteiger partial charge in [0.2, 0.25) is 0 Å². The normalized spacial score (nSPS) is 17.1. The van der Waals surface area contributed by atoms with E-state index in [-0.39, 0.29) is 0 Å². The van der Waals surface area contributed by atoms with Crippen molar-refractivity contribution in [2.75, 3.05) is 31.6 Å². The van der Waals surface area contributed by atoms with E-state index < -0.39 is 0 Å². The van der Waals surface area contributed by atoms with Crippen molar-refractivity contribution < 1.29 is 4.74 Å². The first-order chi connectivity index (χ1) is 8.69. The van der Waals surface area contributed by atoms with Gasteiger partial charge in [0.1, 0.15) is 5.75 Å². The second kappa shape index (κ2) is 5.61. The molecule has 0 spiro atoms. The average Bonchev–Trinajstić information content (AvgIpc) is 2.35. The van der Waals surface area contributed by atoms with Crippen molar-refractivity contribution in [2.24, 2.45) is 11.1 Å². The molecule has 1 aliphatic rings. The molecule has 0 aliphatic heterocycles. The first kappa shape index (κ1) is 13.2. The monoisotopic (exact) mass is 248 g/mol. The summed E-state index contributed by atoms with van der Waals surface area (Å²) in [5.74, 6) is 0.937. The molecule has 1 aliphatic carbocycles. The molecule has 3 heteroatoms. The summed E-state index contributed by atoms with van der Waals surface area (Å²) in [6.45, 7) is 4.57. The van der Waals surface area contributed by atoms with Crippen LogP contribution in [0.5, 0.6) is 5.75 Å². The van der Waals surface area contributed by atoms with Gasteiger partial charge in [0.05, 0.1) is 6.61 Å². The Labute approximate surface area is 110 Å². The lowest BCUT2D eigenvalue weighted by atomic mass is 9.68. The third kappa shape index (κ3) is 2.78. The first-order valence-corrected chi connectivity index (χ1v) is 6.83. The van der Waals surface area contributed by atoms with Crippen molar-refractivity contribution in [3.63, 3.8) is 0 Å². The number of hydrogen-bond donors (Lipinski definition) is 1. The van der Waals surface area contributed by atoms with Crippen LogP contribution >= 0.6 is 0 Å². The van der Waals surface area contributed by atoms with E-state index in [4.69, 9.17) is 10.5 Å². The predicted molar refractivity (Wildman–Crippen MR) is 76.2 cm³/mol. The van der Waals surface area contributed by atoms with Gasteiger partial charge < -0.3 is 15.4 Å². The lowest BCUT2D eigenvalue weighted by molar-refractivity contribution is 0.154. The molecule has 0 atom stereocenters. The lowest BCUT2D eigenvalue weighted by Crippen LogP contribution is -2.46. The summed E-state index contributed by atoms with van der Waals surface area (Å²) >= 11 is 0. The second-order valence-corrected chi connectivity index (χ2v) is 5.34. The highest BCUT2D eigenvalue weighted by Crippen LogP contribution is 2.41. The SMILES string of the molecule is CCOc1ccc(N(C)CC2(CN)CCC2)cc1. The molecule has 18 heavy (non-hydrogen) atoms. The van der Waals surface area contributed by atoms with Crippen molar-refractivity contribution in [2.45, 2.75) is 26.2 Å². The number of hydrogen-bond acceptors (Lipinski definition) is 3. The van der Waals surface area contributed by atoms with Crippen LogP contribution in [0.2, 0.25) is 0 Å². The maximum Gasteiger partial charge on any atom is 0.119 e. The van der Waals surface area contributed by atoms with Gasteiger partial charge in [-0.25, -0.2) is 0 Å². The van der Waals surface area contributed by atoms with E-state index in [1.165, 1.54) is 24.9 Å². The highest BCUT2D eigenvalue weighted by molar-refractivity contribution is 5.48. The fourth-order valence-corrected chi connectivity index (χ4v) is 2.66. The quantitative estimate of drug-likeness (QED) is 0.841. The fraction of sp³-hybridized carbons (Fsp3) is 0.600. The molecule has 100 valence electrons. The summed E-state index contributed by atoms with van der Waals surface area (Å²) < 4.78 is 5.46. The van der Waals surface area contributed by atoms with Gasteiger partial charge in [0.15, 0.2) is 0 Å². The Bertz CT molecular complexity index is 365. The predicted octanol–water partition coefficient (Wildman–Crippen LogP) is 2.65. The van der Waals surface area contributed by atoms with Crippen LogP contribution in [0.4, 0.5) is 5.69 Å². The van der Waals surface area contributed by atoms with Gasteiger partial charge in [0, 0.05) is 24.7 Å². The molecule has 0 aromatic heterocycles. The van der Waals surface area contributed by atoms with E-state index in [0.717, 1.165) is 18.8 Å². The van der Waals surface area contributed by atoms with Crippen LogP contribution in [0, 0.1) is 5.41 Å².